The molecular formula is C14H27N3O4S. The first-order chi connectivity index (χ1) is 10.5. The minimum absolute atomic E-state index is 0.108. The summed E-state index contributed by atoms with van der Waals surface area (Å²) in [6, 6.07) is 0. The lowest BCUT2D eigenvalue weighted by molar-refractivity contribution is -0.132. The summed E-state index contributed by atoms with van der Waals surface area (Å²) in [5.41, 5.74) is 0.355. The molecular weight excluding hydrogens is 306 g/mol. The van der Waals surface area contributed by atoms with Crippen LogP contribution < -0.4 is 10.0 Å². The Bertz CT molecular complexity index is 464. The van der Waals surface area contributed by atoms with E-state index in [-0.39, 0.29) is 24.8 Å². The van der Waals surface area contributed by atoms with Crippen molar-refractivity contribution in [1.82, 2.24) is 14.9 Å². The van der Waals surface area contributed by atoms with E-state index >= 15 is 0 Å². The smallest absolute Gasteiger partial charge is 0.237 e. The third-order valence-corrected chi connectivity index (χ3v) is 5.94. The Balaban J connectivity index is 1.71. The lowest BCUT2D eigenvalue weighted by Crippen LogP contribution is -2.47. The first-order valence-electron chi connectivity index (χ1n) is 8.00. The number of nitrogens with one attached hydrogen (secondary N) is 2. The molecule has 0 aliphatic carbocycles. The van der Waals surface area contributed by atoms with Gasteiger partial charge in [0.25, 0.3) is 0 Å². The quantitative estimate of drug-likeness (QED) is 0.616. The van der Waals surface area contributed by atoms with E-state index in [0.29, 0.717) is 12.0 Å². The SMILES string of the molecule is CCOCCS(=O)(=O)NCC(=O)N1CCC2(CCNC2)CC1. The Hall–Kier alpha value is -0.700. The molecule has 2 aliphatic rings. The maximum Gasteiger partial charge on any atom is 0.237 e. The molecule has 1 amide bonds. The van der Waals surface area contributed by atoms with Gasteiger partial charge in [0.1, 0.15) is 0 Å². The fourth-order valence-electron chi connectivity index (χ4n) is 3.12. The Morgan fingerprint density at radius 3 is 2.64 bits per heavy atom. The molecule has 0 radical (unpaired) electrons. The Labute approximate surface area is 132 Å². The summed E-state index contributed by atoms with van der Waals surface area (Å²) in [6.07, 6.45) is 3.19. The maximum absolute atomic E-state index is 12.1. The van der Waals surface area contributed by atoms with Crippen molar-refractivity contribution >= 4 is 15.9 Å². The van der Waals surface area contributed by atoms with E-state index in [4.69, 9.17) is 4.74 Å². The van der Waals surface area contributed by atoms with E-state index in [9.17, 15) is 13.2 Å². The standard InChI is InChI=1S/C14H27N3O4S/c1-2-21-9-10-22(19,20)16-11-13(18)17-7-4-14(5-8-17)3-6-15-12-14/h15-16H,2-12H2,1H3. The molecule has 0 atom stereocenters. The molecule has 2 aliphatic heterocycles. The zero-order valence-electron chi connectivity index (χ0n) is 13.3. The molecule has 0 aromatic carbocycles. The van der Waals surface area contributed by atoms with E-state index in [0.717, 1.165) is 39.0 Å². The number of carbonyl (C=O) groups excluding carboxylic acids is 1. The van der Waals surface area contributed by atoms with Crippen LogP contribution in [0.15, 0.2) is 0 Å². The molecule has 0 aromatic heterocycles. The van der Waals surface area contributed by atoms with Gasteiger partial charge in [-0.2, -0.15) is 0 Å². The van der Waals surface area contributed by atoms with Crippen LogP contribution in [0.5, 0.6) is 0 Å². The van der Waals surface area contributed by atoms with Crippen LogP contribution in [0.1, 0.15) is 26.2 Å². The third-order valence-electron chi connectivity index (χ3n) is 4.65. The van der Waals surface area contributed by atoms with Crippen molar-refractivity contribution in [1.29, 1.82) is 0 Å². The lowest BCUT2D eigenvalue weighted by atomic mass is 9.78. The molecule has 1 spiro atoms. The second kappa shape index (κ2) is 7.72. The highest BCUT2D eigenvalue weighted by molar-refractivity contribution is 7.89. The van der Waals surface area contributed by atoms with Crippen LogP contribution in [0.2, 0.25) is 0 Å². The lowest BCUT2D eigenvalue weighted by Gasteiger charge is -2.38. The maximum atomic E-state index is 12.1. The average molecular weight is 333 g/mol. The molecule has 2 N–H and O–H groups in total. The highest BCUT2D eigenvalue weighted by Crippen LogP contribution is 2.36. The van der Waals surface area contributed by atoms with Gasteiger partial charge in [-0.1, -0.05) is 0 Å². The first kappa shape index (κ1) is 17.7. The summed E-state index contributed by atoms with van der Waals surface area (Å²) in [7, 11) is -3.44. The molecule has 22 heavy (non-hydrogen) atoms. The molecule has 7 nitrogen and oxygen atoms in total. The second-order valence-corrected chi connectivity index (χ2v) is 8.07. The number of sulfonamides is 1. The van der Waals surface area contributed by atoms with Crippen LogP contribution in [0, 0.1) is 5.41 Å². The summed E-state index contributed by atoms with van der Waals surface area (Å²) in [5.74, 6) is -0.246. The largest absolute Gasteiger partial charge is 0.381 e. The van der Waals surface area contributed by atoms with Crippen LogP contribution in [-0.4, -0.2) is 70.9 Å². The molecule has 2 heterocycles. The number of carbonyl (C=O) groups is 1. The predicted molar refractivity (Wildman–Crippen MR) is 84.0 cm³/mol. The van der Waals surface area contributed by atoms with E-state index in [1.807, 2.05) is 6.92 Å². The summed E-state index contributed by atoms with van der Waals surface area (Å²) in [6.45, 7) is 5.85. The van der Waals surface area contributed by atoms with Gasteiger partial charge in [0, 0.05) is 26.2 Å². The Morgan fingerprint density at radius 1 is 1.32 bits per heavy atom. The topological polar surface area (TPSA) is 87.7 Å². The van der Waals surface area contributed by atoms with Crippen molar-refractivity contribution in [2.75, 3.05) is 51.7 Å². The van der Waals surface area contributed by atoms with E-state index in [2.05, 4.69) is 10.0 Å². The van der Waals surface area contributed by atoms with Gasteiger partial charge in [0.2, 0.25) is 15.9 Å². The molecule has 128 valence electrons. The minimum Gasteiger partial charge on any atom is -0.381 e. The zero-order valence-corrected chi connectivity index (χ0v) is 14.1. The number of hydrogen-bond donors (Lipinski definition) is 2. The summed E-state index contributed by atoms with van der Waals surface area (Å²) < 4.78 is 30.8. The second-order valence-electron chi connectivity index (χ2n) is 6.14. The number of likely N-dealkylation sites (tertiary alicyclic amines) is 1. The molecule has 2 rings (SSSR count). The van der Waals surface area contributed by atoms with Gasteiger partial charge in [-0.25, -0.2) is 13.1 Å². The Morgan fingerprint density at radius 2 is 2.05 bits per heavy atom. The van der Waals surface area contributed by atoms with E-state index < -0.39 is 10.0 Å². The molecule has 0 saturated carbocycles. The van der Waals surface area contributed by atoms with Crippen molar-refractivity contribution in [3.8, 4) is 0 Å². The predicted octanol–water partition coefficient (Wildman–Crippen LogP) is -0.456. The molecule has 0 unspecified atom stereocenters. The number of piperidine rings is 1. The molecule has 0 aromatic rings. The van der Waals surface area contributed by atoms with Crippen LogP contribution >= 0.6 is 0 Å². The number of nitrogens with zero attached hydrogens (tertiary/aromatic N) is 1. The van der Waals surface area contributed by atoms with Crippen molar-refractivity contribution in [2.45, 2.75) is 26.2 Å². The van der Waals surface area contributed by atoms with Gasteiger partial charge in [-0.3, -0.25) is 4.79 Å². The van der Waals surface area contributed by atoms with Crippen LogP contribution in [0.3, 0.4) is 0 Å². The number of amides is 1. The zero-order chi connectivity index (χ0) is 16.1. The van der Waals surface area contributed by atoms with Crippen molar-refractivity contribution in [3.63, 3.8) is 0 Å². The summed E-state index contributed by atoms with van der Waals surface area (Å²) in [4.78, 5) is 13.9. The fourth-order valence-corrected chi connectivity index (χ4v) is 3.95. The van der Waals surface area contributed by atoms with Gasteiger partial charge in [0.05, 0.1) is 18.9 Å². The monoisotopic (exact) mass is 333 g/mol. The molecule has 2 fully saturated rings. The molecule has 2 saturated heterocycles. The van der Waals surface area contributed by atoms with Crippen molar-refractivity contribution in [3.05, 3.63) is 0 Å². The van der Waals surface area contributed by atoms with Crippen molar-refractivity contribution < 1.29 is 17.9 Å². The van der Waals surface area contributed by atoms with Crippen LogP contribution in [-0.2, 0) is 19.6 Å². The van der Waals surface area contributed by atoms with E-state index in [1.165, 1.54) is 6.42 Å². The number of hydrogen-bond acceptors (Lipinski definition) is 5. The summed E-state index contributed by atoms with van der Waals surface area (Å²) in [5, 5.41) is 3.39. The van der Waals surface area contributed by atoms with Gasteiger partial charge < -0.3 is 15.0 Å². The first-order valence-corrected chi connectivity index (χ1v) is 9.65. The van der Waals surface area contributed by atoms with E-state index in [1.54, 1.807) is 4.90 Å². The average Bonchev–Trinajstić information content (AvgIpc) is 2.94. The molecule has 8 heteroatoms. The fraction of sp³-hybridized carbons (Fsp3) is 0.929. The minimum atomic E-state index is -3.44. The highest BCUT2D eigenvalue weighted by atomic mass is 32.2. The third kappa shape index (κ3) is 4.91. The van der Waals surface area contributed by atoms with Crippen molar-refractivity contribution in [2.24, 2.45) is 5.41 Å². The molecule has 0 bridgehead atoms. The highest BCUT2D eigenvalue weighted by Gasteiger charge is 2.37. The van der Waals surface area contributed by atoms with Crippen LogP contribution in [0.4, 0.5) is 0 Å². The van der Waals surface area contributed by atoms with Gasteiger partial charge in [-0.05, 0) is 38.1 Å². The number of rotatable bonds is 7. The normalized spacial score (nSPS) is 21.4. The number of ether oxygens (including phenoxy) is 1. The summed E-state index contributed by atoms with van der Waals surface area (Å²) >= 11 is 0. The van der Waals surface area contributed by atoms with Gasteiger partial charge in [0.15, 0.2) is 0 Å². The van der Waals surface area contributed by atoms with Gasteiger partial charge >= 0.3 is 0 Å². The van der Waals surface area contributed by atoms with Gasteiger partial charge in [-0.15, -0.1) is 0 Å². The van der Waals surface area contributed by atoms with Crippen LogP contribution in [0.25, 0.3) is 0 Å². The Kier molecular flexibility index (Phi) is 6.19.